The summed E-state index contributed by atoms with van der Waals surface area (Å²) in [6, 6.07) is 9.21. The third kappa shape index (κ3) is 3.28. The number of carbonyl (C=O) groups excluding carboxylic acids is 1. The number of rotatable bonds is 4. The minimum Gasteiger partial charge on any atom is -0.492 e. The van der Waals surface area contributed by atoms with E-state index in [1.807, 2.05) is 19.9 Å². The maximum Gasteiger partial charge on any atom is 0.255 e. The first-order valence-corrected chi connectivity index (χ1v) is 7.60. The highest BCUT2D eigenvalue weighted by Gasteiger charge is 2.22. The Morgan fingerprint density at radius 3 is 2.96 bits per heavy atom. The van der Waals surface area contributed by atoms with Crippen LogP contribution in [0.4, 0.5) is 10.1 Å². The molecule has 0 aliphatic carbocycles. The van der Waals surface area contributed by atoms with Crippen molar-refractivity contribution >= 4 is 11.6 Å². The van der Waals surface area contributed by atoms with Crippen molar-refractivity contribution in [1.82, 2.24) is 0 Å². The third-order valence-corrected chi connectivity index (χ3v) is 3.63. The molecule has 4 nitrogen and oxygen atoms in total. The van der Waals surface area contributed by atoms with Gasteiger partial charge in [0.1, 0.15) is 23.4 Å². The van der Waals surface area contributed by atoms with Crippen LogP contribution in [0.15, 0.2) is 36.4 Å². The molecule has 2 aromatic rings. The minimum absolute atomic E-state index is 0.105. The first-order chi connectivity index (χ1) is 11.1. The fourth-order valence-corrected chi connectivity index (χ4v) is 2.64. The van der Waals surface area contributed by atoms with Crippen molar-refractivity contribution in [3.8, 4) is 11.5 Å². The summed E-state index contributed by atoms with van der Waals surface area (Å²) in [4.78, 5) is 12.3. The number of ether oxygens (including phenoxy) is 2. The number of hydrogen-bond acceptors (Lipinski definition) is 3. The van der Waals surface area contributed by atoms with Gasteiger partial charge in [-0.15, -0.1) is 0 Å². The van der Waals surface area contributed by atoms with Crippen LogP contribution in [0.3, 0.4) is 0 Å². The molecule has 0 spiro atoms. The summed E-state index contributed by atoms with van der Waals surface area (Å²) in [5.74, 6) is 0.495. The molecule has 1 aliphatic heterocycles. The van der Waals surface area contributed by atoms with Gasteiger partial charge in [-0.25, -0.2) is 4.39 Å². The van der Waals surface area contributed by atoms with Crippen molar-refractivity contribution in [1.29, 1.82) is 0 Å². The number of anilines is 1. The standard InChI is InChI=1S/C18H18FNO3/c1-3-22-17-9-13-7-11(2)23-16(13)10-15(17)20-18(21)12-5-4-6-14(19)8-12/h4-6,8-11H,3,7H2,1-2H3,(H,20,21). The van der Waals surface area contributed by atoms with E-state index in [-0.39, 0.29) is 11.7 Å². The maximum atomic E-state index is 13.3. The topological polar surface area (TPSA) is 47.6 Å². The van der Waals surface area contributed by atoms with Crippen LogP contribution in [0.1, 0.15) is 29.8 Å². The van der Waals surface area contributed by atoms with E-state index in [1.165, 1.54) is 18.2 Å². The van der Waals surface area contributed by atoms with E-state index in [4.69, 9.17) is 9.47 Å². The molecule has 0 fully saturated rings. The van der Waals surface area contributed by atoms with Crippen molar-refractivity contribution in [2.45, 2.75) is 26.4 Å². The van der Waals surface area contributed by atoms with Gasteiger partial charge in [0.05, 0.1) is 12.3 Å². The predicted molar refractivity (Wildman–Crippen MR) is 85.8 cm³/mol. The number of nitrogens with one attached hydrogen (secondary N) is 1. The van der Waals surface area contributed by atoms with Crippen LogP contribution >= 0.6 is 0 Å². The fraction of sp³-hybridized carbons (Fsp3) is 0.278. The lowest BCUT2D eigenvalue weighted by atomic mass is 10.1. The highest BCUT2D eigenvalue weighted by atomic mass is 19.1. The molecular weight excluding hydrogens is 297 g/mol. The summed E-state index contributed by atoms with van der Waals surface area (Å²) in [7, 11) is 0. The van der Waals surface area contributed by atoms with Gasteiger partial charge in [-0.2, -0.15) is 0 Å². The summed E-state index contributed by atoms with van der Waals surface area (Å²) in [6.07, 6.45) is 0.918. The summed E-state index contributed by atoms with van der Waals surface area (Å²) >= 11 is 0. The Hall–Kier alpha value is -2.56. The van der Waals surface area contributed by atoms with Gasteiger partial charge >= 0.3 is 0 Å². The average Bonchev–Trinajstić information content (AvgIpc) is 2.87. The average molecular weight is 315 g/mol. The number of fused-ring (bicyclic) bond motifs is 1. The quantitative estimate of drug-likeness (QED) is 0.933. The van der Waals surface area contributed by atoms with Crippen molar-refractivity contribution in [2.75, 3.05) is 11.9 Å². The van der Waals surface area contributed by atoms with Crippen LogP contribution in [-0.2, 0) is 6.42 Å². The molecular formula is C18H18FNO3. The number of benzene rings is 2. The Morgan fingerprint density at radius 1 is 1.39 bits per heavy atom. The van der Waals surface area contributed by atoms with E-state index in [9.17, 15) is 9.18 Å². The predicted octanol–water partition coefficient (Wildman–Crippen LogP) is 3.80. The normalized spacial score (nSPS) is 15.7. The molecule has 3 rings (SSSR count). The van der Waals surface area contributed by atoms with E-state index in [2.05, 4.69) is 5.32 Å². The van der Waals surface area contributed by atoms with Gasteiger partial charge in [-0.3, -0.25) is 4.79 Å². The molecule has 5 heteroatoms. The Morgan fingerprint density at radius 2 is 2.22 bits per heavy atom. The van der Waals surface area contributed by atoms with Crippen LogP contribution < -0.4 is 14.8 Å². The smallest absolute Gasteiger partial charge is 0.255 e. The van der Waals surface area contributed by atoms with Gasteiger partial charge in [-0.1, -0.05) is 6.07 Å². The zero-order chi connectivity index (χ0) is 16.4. The van der Waals surface area contributed by atoms with Crippen molar-refractivity contribution in [2.24, 2.45) is 0 Å². The molecule has 1 unspecified atom stereocenters. The summed E-state index contributed by atoms with van der Waals surface area (Å²) in [6.45, 7) is 4.36. The molecule has 0 aromatic heterocycles. The lowest BCUT2D eigenvalue weighted by Gasteiger charge is -2.13. The minimum atomic E-state index is -0.450. The molecule has 1 amide bonds. The molecule has 0 saturated heterocycles. The molecule has 0 bridgehead atoms. The van der Waals surface area contributed by atoms with Crippen LogP contribution in [0.25, 0.3) is 0 Å². The molecule has 1 heterocycles. The Bertz CT molecular complexity index is 745. The third-order valence-electron chi connectivity index (χ3n) is 3.63. The second-order valence-corrected chi connectivity index (χ2v) is 5.49. The monoisotopic (exact) mass is 315 g/mol. The Labute approximate surface area is 134 Å². The first-order valence-electron chi connectivity index (χ1n) is 7.60. The van der Waals surface area contributed by atoms with Crippen molar-refractivity contribution in [3.63, 3.8) is 0 Å². The molecule has 0 saturated carbocycles. The largest absolute Gasteiger partial charge is 0.492 e. The van der Waals surface area contributed by atoms with Crippen molar-refractivity contribution < 1.29 is 18.7 Å². The molecule has 1 N–H and O–H groups in total. The molecule has 120 valence electrons. The van der Waals surface area contributed by atoms with E-state index < -0.39 is 11.7 Å². The molecule has 1 atom stereocenters. The van der Waals surface area contributed by atoms with E-state index in [0.717, 1.165) is 17.7 Å². The fourth-order valence-electron chi connectivity index (χ4n) is 2.64. The molecule has 23 heavy (non-hydrogen) atoms. The van der Waals surface area contributed by atoms with E-state index in [1.54, 1.807) is 12.1 Å². The Kier molecular flexibility index (Phi) is 4.19. The van der Waals surface area contributed by atoms with Gasteiger partial charge in [0.25, 0.3) is 5.91 Å². The van der Waals surface area contributed by atoms with Crippen LogP contribution in [0.5, 0.6) is 11.5 Å². The van der Waals surface area contributed by atoms with Gasteiger partial charge in [0.2, 0.25) is 0 Å². The molecule has 1 aliphatic rings. The Balaban J connectivity index is 1.89. The number of amides is 1. The summed E-state index contributed by atoms with van der Waals surface area (Å²) in [5.41, 5.74) is 1.83. The zero-order valence-electron chi connectivity index (χ0n) is 13.1. The lowest BCUT2D eigenvalue weighted by Crippen LogP contribution is -2.13. The summed E-state index contributed by atoms with van der Waals surface area (Å²) in [5, 5.41) is 2.77. The highest BCUT2D eigenvalue weighted by molar-refractivity contribution is 6.05. The lowest BCUT2D eigenvalue weighted by molar-refractivity contribution is 0.102. The van der Waals surface area contributed by atoms with Crippen LogP contribution in [0, 0.1) is 5.82 Å². The van der Waals surface area contributed by atoms with Gasteiger partial charge in [0, 0.05) is 23.6 Å². The van der Waals surface area contributed by atoms with Crippen LogP contribution in [0.2, 0.25) is 0 Å². The first kappa shape index (κ1) is 15.3. The molecule has 2 aromatic carbocycles. The van der Waals surface area contributed by atoms with Gasteiger partial charge in [0.15, 0.2) is 0 Å². The zero-order valence-corrected chi connectivity index (χ0v) is 13.1. The number of carbonyl (C=O) groups is 1. The maximum absolute atomic E-state index is 13.3. The summed E-state index contributed by atoms with van der Waals surface area (Å²) < 4.78 is 24.6. The highest BCUT2D eigenvalue weighted by Crippen LogP contribution is 2.38. The number of hydrogen-bond donors (Lipinski definition) is 1. The second-order valence-electron chi connectivity index (χ2n) is 5.49. The van der Waals surface area contributed by atoms with E-state index in [0.29, 0.717) is 18.0 Å². The van der Waals surface area contributed by atoms with Gasteiger partial charge < -0.3 is 14.8 Å². The number of halogens is 1. The van der Waals surface area contributed by atoms with Crippen molar-refractivity contribution in [3.05, 3.63) is 53.3 Å². The van der Waals surface area contributed by atoms with Gasteiger partial charge in [-0.05, 0) is 38.1 Å². The van der Waals surface area contributed by atoms with Crippen LogP contribution in [-0.4, -0.2) is 18.6 Å². The SMILES string of the molecule is CCOc1cc2c(cc1NC(=O)c1cccc(F)c1)OC(C)C2. The van der Waals surface area contributed by atoms with E-state index >= 15 is 0 Å². The molecule has 0 radical (unpaired) electrons. The second kappa shape index (κ2) is 6.28.